The number of carbonyl (C=O) groups excluding carboxylic acids is 1. The van der Waals surface area contributed by atoms with E-state index in [1.807, 2.05) is 212 Å². The first kappa shape index (κ1) is 53.4. The molecule has 7 aromatic carbocycles. The molecule has 75 heavy (non-hydrogen) atoms. The molecule has 390 valence electrons. The van der Waals surface area contributed by atoms with Gasteiger partial charge in [-0.3, -0.25) is 4.79 Å². The van der Waals surface area contributed by atoms with Gasteiger partial charge in [-0.15, -0.1) is 0 Å². The fourth-order valence-corrected chi connectivity index (χ4v) is 9.21. The van der Waals surface area contributed by atoms with Crippen LogP contribution in [0.5, 0.6) is 0 Å². The smallest absolute Gasteiger partial charge is 0.303 e. The van der Waals surface area contributed by atoms with Crippen molar-refractivity contribution in [1.29, 1.82) is 0 Å². The Hall–Kier alpha value is -6.39. The van der Waals surface area contributed by atoms with Crippen molar-refractivity contribution < 1.29 is 56.9 Å². The predicted octanol–water partition coefficient (Wildman–Crippen LogP) is 10.7. The van der Waals surface area contributed by atoms with Crippen molar-refractivity contribution in [1.82, 2.24) is 0 Å². The van der Waals surface area contributed by atoms with E-state index in [4.69, 9.17) is 52.1 Å². The molecular weight excluding hydrogens is 949 g/mol. The van der Waals surface area contributed by atoms with E-state index in [1.54, 1.807) is 0 Å². The number of esters is 1. The zero-order valence-electron chi connectivity index (χ0n) is 42.2. The number of hydrogen-bond acceptors (Lipinski definition) is 12. The van der Waals surface area contributed by atoms with Gasteiger partial charge in [0.25, 0.3) is 0 Å². The molecule has 0 radical (unpaired) electrons. The molecule has 2 fully saturated rings. The highest BCUT2D eigenvalue weighted by Gasteiger charge is 2.55. The van der Waals surface area contributed by atoms with Crippen LogP contribution < -0.4 is 0 Å². The van der Waals surface area contributed by atoms with E-state index in [2.05, 4.69) is 0 Å². The topological polar surface area (TPSA) is 119 Å². The number of rotatable bonds is 26. The van der Waals surface area contributed by atoms with Crippen molar-refractivity contribution in [3.05, 3.63) is 251 Å². The van der Waals surface area contributed by atoms with E-state index in [0.29, 0.717) is 13.2 Å². The summed E-state index contributed by atoms with van der Waals surface area (Å²) in [6, 6.07) is 69.2. The normalized spacial score (nSPS) is 23.6. The highest BCUT2D eigenvalue weighted by Crippen LogP contribution is 2.37. The first-order valence-electron chi connectivity index (χ1n) is 25.7. The molecule has 0 aliphatic carbocycles. The Balaban J connectivity index is 1.10. The summed E-state index contributed by atoms with van der Waals surface area (Å²) >= 11 is 0. The van der Waals surface area contributed by atoms with Gasteiger partial charge in [0.15, 0.2) is 18.7 Å². The molecule has 9 rings (SSSR count). The molecule has 0 spiro atoms. The number of carbonyl (C=O) groups is 1. The summed E-state index contributed by atoms with van der Waals surface area (Å²) in [5, 5.41) is 0. The second kappa shape index (κ2) is 28.5. The van der Waals surface area contributed by atoms with Gasteiger partial charge in [0.05, 0.1) is 59.5 Å². The maximum atomic E-state index is 13.4. The van der Waals surface area contributed by atoms with Crippen molar-refractivity contribution in [2.75, 3.05) is 13.2 Å². The Bertz CT molecular complexity index is 2670. The molecule has 0 saturated carbocycles. The van der Waals surface area contributed by atoms with Gasteiger partial charge < -0.3 is 52.1 Å². The zero-order chi connectivity index (χ0) is 51.3. The van der Waals surface area contributed by atoms with Crippen LogP contribution in [0.3, 0.4) is 0 Å². The second-order valence-corrected chi connectivity index (χ2v) is 18.6. The van der Waals surface area contributed by atoms with Gasteiger partial charge in [-0.25, -0.2) is 0 Å². The molecule has 2 aliphatic heterocycles. The van der Waals surface area contributed by atoms with Gasteiger partial charge in [0.2, 0.25) is 0 Å². The monoisotopic (exact) mass is 1010 g/mol. The van der Waals surface area contributed by atoms with Crippen LogP contribution >= 0.6 is 0 Å². The summed E-state index contributed by atoms with van der Waals surface area (Å²) in [5.74, 6) is -0.535. The second-order valence-electron chi connectivity index (χ2n) is 18.6. The van der Waals surface area contributed by atoms with Crippen LogP contribution in [0.4, 0.5) is 0 Å². The predicted molar refractivity (Wildman–Crippen MR) is 281 cm³/mol. The maximum Gasteiger partial charge on any atom is 0.303 e. The summed E-state index contributed by atoms with van der Waals surface area (Å²) in [5.41, 5.74) is 6.63. The van der Waals surface area contributed by atoms with Crippen LogP contribution in [-0.2, 0) is 103 Å². The molecule has 2 aliphatic rings. The molecule has 0 amide bonds. The number of ether oxygens (including phenoxy) is 11. The lowest BCUT2D eigenvalue weighted by Gasteiger charge is -2.49. The Morgan fingerprint density at radius 1 is 0.333 bits per heavy atom. The van der Waals surface area contributed by atoms with Crippen LogP contribution in [-0.4, -0.2) is 80.6 Å². The lowest BCUT2D eigenvalue weighted by Crippen LogP contribution is -2.66. The van der Waals surface area contributed by atoms with E-state index in [9.17, 15) is 4.79 Å². The highest BCUT2D eigenvalue weighted by molar-refractivity contribution is 5.66. The molecule has 12 nitrogen and oxygen atoms in total. The first-order valence-corrected chi connectivity index (χ1v) is 25.7. The van der Waals surface area contributed by atoms with Crippen LogP contribution in [0, 0.1) is 0 Å². The molecule has 0 aromatic heterocycles. The summed E-state index contributed by atoms with van der Waals surface area (Å²) in [4.78, 5) is 13.4. The highest BCUT2D eigenvalue weighted by atomic mass is 16.8. The average molecular weight is 1020 g/mol. The molecule has 0 N–H and O–H groups in total. The molecule has 0 unspecified atom stereocenters. The van der Waals surface area contributed by atoms with Gasteiger partial charge >= 0.3 is 5.97 Å². The van der Waals surface area contributed by atoms with Gasteiger partial charge in [-0.1, -0.05) is 212 Å². The molecular formula is C63H66O12. The lowest BCUT2D eigenvalue weighted by molar-refractivity contribution is -0.392. The van der Waals surface area contributed by atoms with Gasteiger partial charge in [0.1, 0.15) is 42.7 Å². The van der Waals surface area contributed by atoms with E-state index < -0.39 is 67.4 Å². The fourth-order valence-electron chi connectivity index (χ4n) is 9.21. The molecule has 7 aromatic rings. The Morgan fingerprint density at radius 3 is 0.893 bits per heavy atom. The lowest BCUT2D eigenvalue weighted by atomic mass is 9.96. The van der Waals surface area contributed by atoms with Crippen molar-refractivity contribution in [2.24, 2.45) is 0 Å². The SMILES string of the molecule is CC(=O)O[C@H]1[C@@H](OCc2ccccc2)[C@@H](COCc2ccccc2)O[C@@H](O[C@H]2O[C@H](COCc3ccccc3)[C@@H](OCc3ccccc3)[C@H](OCc3ccccc3)[C@@H]2OCc2ccccc2)[C@@H]1OCc1ccccc1. The molecule has 2 heterocycles. The number of hydrogen-bond donors (Lipinski definition) is 0. The van der Waals surface area contributed by atoms with Crippen molar-refractivity contribution in [3.63, 3.8) is 0 Å². The Labute approximate surface area is 440 Å². The third kappa shape index (κ3) is 16.1. The van der Waals surface area contributed by atoms with Crippen molar-refractivity contribution in [2.45, 2.75) is 115 Å². The summed E-state index contributed by atoms with van der Waals surface area (Å²) in [6.07, 6.45) is -9.52. The summed E-state index contributed by atoms with van der Waals surface area (Å²) < 4.78 is 75.4. The van der Waals surface area contributed by atoms with Crippen LogP contribution in [0.2, 0.25) is 0 Å². The fraction of sp³-hybridized carbons (Fsp3) is 0.317. The number of benzene rings is 7. The molecule has 2 saturated heterocycles. The summed E-state index contributed by atoms with van der Waals surface area (Å²) in [6.45, 7) is 3.11. The van der Waals surface area contributed by atoms with E-state index in [0.717, 1.165) is 38.9 Å². The van der Waals surface area contributed by atoms with Crippen LogP contribution in [0.25, 0.3) is 0 Å². The van der Waals surface area contributed by atoms with Crippen LogP contribution in [0.15, 0.2) is 212 Å². The summed E-state index contributed by atoms with van der Waals surface area (Å²) in [7, 11) is 0. The molecule has 10 atom stereocenters. The van der Waals surface area contributed by atoms with E-state index >= 15 is 0 Å². The minimum atomic E-state index is -1.25. The quantitative estimate of drug-likeness (QED) is 0.0481. The van der Waals surface area contributed by atoms with E-state index in [-0.39, 0.29) is 46.2 Å². The third-order valence-electron chi connectivity index (χ3n) is 13.0. The van der Waals surface area contributed by atoms with Gasteiger partial charge in [-0.2, -0.15) is 0 Å². The minimum Gasteiger partial charge on any atom is -0.457 e. The Morgan fingerprint density at radius 2 is 0.587 bits per heavy atom. The molecule has 0 bridgehead atoms. The van der Waals surface area contributed by atoms with Crippen LogP contribution in [0.1, 0.15) is 45.9 Å². The Kier molecular flexibility index (Phi) is 20.3. The maximum absolute atomic E-state index is 13.4. The first-order chi connectivity index (χ1) is 37.0. The molecule has 12 heteroatoms. The minimum absolute atomic E-state index is 0.0466. The van der Waals surface area contributed by atoms with Gasteiger partial charge in [-0.05, 0) is 38.9 Å². The third-order valence-corrected chi connectivity index (χ3v) is 13.0. The van der Waals surface area contributed by atoms with Crippen molar-refractivity contribution >= 4 is 5.97 Å². The van der Waals surface area contributed by atoms with Gasteiger partial charge in [0, 0.05) is 6.92 Å². The average Bonchev–Trinajstić information content (AvgIpc) is 3.46. The van der Waals surface area contributed by atoms with Crippen molar-refractivity contribution in [3.8, 4) is 0 Å². The zero-order valence-corrected chi connectivity index (χ0v) is 42.2. The standard InChI is InChI=1S/C63H66O12/c1-46(64)72-59-57(68-40-50-29-15-5-16-30-50)55(45-66-38-48-25-11-3-12-26-48)74-63(61(59)71-43-53-35-21-8-22-36-53)75-62-60(70-42-52-33-19-7-20-34-52)58(69-41-51-31-17-6-18-32-51)56(67-39-49-27-13-4-14-28-49)54(73-62)44-65-37-47-23-9-2-10-24-47/h2-36,54-63H,37-45H2,1H3/t54-,55-,56-,57+,58+,59+,60+,61-,62-,63+/m1/s1. The van der Waals surface area contributed by atoms with E-state index in [1.165, 1.54) is 6.92 Å². The largest absolute Gasteiger partial charge is 0.457 e.